The lowest BCUT2D eigenvalue weighted by atomic mass is 10.1. The summed E-state index contributed by atoms with van der Waals surface area (Å²) in [5, 5.41) is 14.1. The molecule has 2 amide bonds. The highest BCUT2D eigenvalue weighted by Crippen LogP contribution is 2.29. The van der Waals surface area contributed by atoms with E-state index < -0.39 is 0 Å². The van der Waals surface area contributed by atoms with Gasteiger partial charge in [-0.2, -0.15) is 0 Å². The lowest BCUT2D eigenvalue weighted by Crippen LogP contribution is -2.25. The molecule has 1 N–H and O–H groups in total. The van der Waals surface area contributed by atoms with Crippen LogP contribution in [0, 0.1) is 6.92 Å². The summed E-state index contributed by atoms with van der Waals surface area (Å²) >= 11 is 0. The first-order valence-electron chi connectivity index (χ1n) is 8.59. The topological polar surface area (TPSA) is 93.0 Å². The van der Waals surface area contributed by atoms with Gasteiger partial charge >= 0.3 is 0 Å². The number of tetrazole rings is 1. The molecular weight excluding hydrogens is 344 g/mol. The highest BCUT2D eigenvalue weighted by molar-refractivity contribution is 6.05. The monoisotopic (exact) mass is 362 g/mol. The number of nitrogens with zero attached hydrogens (tertiary/aromatic N) is 5. The average Bonchev–Trinajstić information content (AvgIpc) is 3.31. The third kappa shape index (κ3) is 3.17. The molecule has 0 radical (unpaired) electrons. The Kier molecular flexibility index (Phi) is 4.15. The molecule has 1 aliphatic heterocycles. The average molecular weight is 362 g/mol. The van der Waals surface area contributed by atoms with Gasteiger partial charge in [0.25, 0.3) is 5.91 Å². The van der Waals surface area contributed by atoms with Crippen LogP contribution in [0.4, 0.5) is 11.4 Å². The predicted molar refractivity (Wildman–Crippen MR) is 100 cm³/mol. The van der Waals surface area contributed by atoms with Gasteiger partial charge in [0, 0.05) is 30.4 Å². The minimum atomic E-state index is -0.186. The molecule has 136 valence electrons. The van der Waals surface area contributed by atoms with Crippen molar-refractivity contribution in [3.63, 3.8) is 0 Å². The van der Waals surface area contributed by atoms with Crippen molar-refractivity contribution in [3.05, 3.63) is 59.4 Å². The van der Waals surface area contributed by atoms with Gasteiger partial charge in [-0.05, 0) is 71.3 Å². The molecule has 0 saturated carbocycles. The number of fused-ring (bicyclic) bond motifs is 1. The molecule has 0 unspecified atom stereocenters. The number of nitrogens with one attached hydrogen (secondary N) is 1. The molecule has 0 saturated heterocycles. The van der Waals surface area contributed by atoms with Gasteiger partial charge in [-0.3, -0.25) is 9.59 Å². The van der Waals surface area contributed by atoms with E-state index in [2.05, 4.69) is 20.8 Å². The van der Waals surface area contributed by atoms with Crippen LogP contribution in [0.3, 0.4) is 0 Å². The Balaban J connectivity index is 1.53. The molecule has 1 aliphatic rings. The minimum absolute atomic E-state index is 0.0177. The highest BCUT2D eigenvalue weighted by Gasteiger charge is 2.23. The number of carbonyl (C=O) groups is 2. The number of hydrogen-bond acceptors (Lipinski definition) is 5. The Morgan fingerprint density at radius 3 is 2.63 bits per heavy atom. The zero-order chi connectivity index (χ0) is 19.0. The van der Waals surface area contributed by atoms with Gasteiger partial charge in [0.15, 0.2) is 0 Å². The number of carbonyl (C=O) groups excluding carboxylic acids is 2. The number of benzene rings is 2. The van der Waals surface area contributed by atoms with E-state index >= 15 is 0 Å². The van der Waals surface area contributed by atoms with Crippen LogP contribution in [0.2, 0.25) is 0 Å². The molecule has 1 aromatic heterocycles. The summed E-state index contributed by atoms with van der Waals surface area (Å²) in [5.41, 5.74) is 4.95. The molecule has 0 spiro atoms. The second-order valence-electron chi connectivity index (χ2n) is 6.47. The molecule has 4 rings (SSSR count). The van der Waals surface area contributed by atoms with Gasteiger partial charge in [-0.15, -0.1) is 5.10 Å². The maximum atomic E-state index is 12.6. The lowest BCUT2D eigenvalue weighted by molar-refractivity contribution is -0.116. The van der Waals surface area contributed by atoms with Crippen molar-refractivity contribution < 1.29 is 9.59 Å². The first kappa shape index (κ1) is 16.9. The standard InChI is InChI=1S/C19H18N6O2/c1-12-9-16(4-6-17(12)25-11-20-22-23-25)21-19(27)15-3-5-18-14(10-15)7-8-24(18)13(2)26/h3-6,9-11H,7-8H2,1-2H3,(H,21,27). The molecular formula is C19H18N6O2. The lowest BCUT2D eigenvalue weighted by Gasteiger charge is -2.15. The first-order chi connectivity index (χ1) is 13.0. The van der Waals surface area contributed by atoms with E-state index in [1.165, 1.54) is 6.33 Å². The molecule has 2 aromatic carbocycles. The SMILES string of the molecule is CC(=O)N1CCc2cc(C(=O)Nc3ccc(-n4cnnn4)c(C)c3)ccc21. The normalized spacial score (nSPS) is 12.7. The molecule has 8 nitrogen and oxygen atoms in total. The van der Waals surface area contributed by atoms with Crippen LogP contribution in [0.5, 0.6) is 0 Å². The number of aryl methyl sites for hydroxylation is 1. The largest absolute Gasteiger partial charge is 0.322 e. The summed E-state index contributed by atoms with van der Waals surface area (Å²) in [5.74, 6) is -0.169. The van der Waals surface area contributed by atoms with Crippen LogP contribution in [0.15, 0.2) is 42.7 Å². The van der Waals surface area contributed by atoms with Crippen molar-refractivity contribution in [2.24, 2.45) is 0 Å². The number of amides is 2. The molecule has 3 aromatic rings. The van der Waals surface area contributed by atoms with Crippen LogP contribution < -0.4 is 10.2 Å². The van der Waals surface area contributed by atoms with Gasteiger partial charge in [-0.1, -0.05) is 0 Å². The van der Waals surface area contributed by atoms with E-state index in [0.29, 0.717) is 17.8 Å². The summed E-state index contributed by atoms with van der Waals surface area (Å²) < 4.78 is 1.57. The van der Waals surface area contributed by atoms with Crippen molar-refractivity contribution in [2.45, 2.75) is 20.3 Å². The molecule has 0 atom stereocenters. The Hall–Kier alpha value is -3.55. The van der Waals surface area contributed by atoms with Gasteiger partial charge in [0.1, 0.15) is 6.33 Å². The number of rotatable bonds is 3. The Morgan fingerprint density at radius 2 is 1.93 bits per heavy atom. The number of aromatic nitrogens is 4. The Morgan fingerprint density at radius 1 is 1.11 bits per heavy atom. The zero-order valence-corrected chi connectivity index (χ0v) is 15.0. The molecule has 0 aliphatic carbocycles. The smallest absolute Gasteiger partial charge is 0.255 e. The maximum Gasteiger partial charge on any atom is 0.255 e. The Labute approximate surface area is 155 Å². The van der Waals surface area contributed by atoms with Crippen LogP contribution in [0.1, 0.15) is 28.4 Å². The number of anilines is 2. The maximum absolute atomic E-state index is 12.6. The fourth-order valence-corrected chi connectivity index (χ4v) is 3.34. The molecule has 0 fully saturated rings. The molecule has 0 bridgehead atoms. The van der Waals surface area contributed by atoms with Crippen LogP contribution in [0.25, 0.3) is 5.69 Å². The van der Waals surface area contributed by atoms with E-state index in [1.54, 1.807) is 22.6 Å². The molecule has 8 heteroatoms. The van der Waals surface area contributed by atoms with Crippen LogP contribution in [-0.2, 0) is 11.2 Å². The van der Waals surface area contributed by atoms with E-state index in [9.17, 15) is 9.59 Å². The first-order valence-corrected chi connectivity index (χ1v) is 8.59. The highest BCUT2D eigenvalue weighted by atomic mass is 16.2. The second-order valence-corrected chi connectivity index (χ2v) is 6.47. The molecule has 27 heavy (non-hydrogen) atoms. The van der Waals surface area contributed by atoms with Crippen molar-refractivity contribution in [3.8, 4) is 5.69 Å². The van der Waals surface area contributed by atoms with Gasteiger partial charge in [-0.25, -0.2) is 4.68 Å². The summed E-state index contributed by atoms with van der Waals surface area (Å²) in [6, 6.07) is 11.0. The van der Waals surface area contributed by atoms with Gasteiger partial charge in [0.2, 0.25) is 5.91 Å². The van der Waals surface area contributed by atoms with E-state index in [4.69, 9.17) is 0 Å². The third-order valence-electron chi connectivity index (χ3n) is 4.67. The van der Waals surface area contributed by atoms with Crippen molar-refractivity contribution in [1.82, 2.24) is 20.2 Å². The molecule has 2 heterocycles. The third-order valence-corrected chi connectivity index (χ3v) is 4.67. The quantitative estimate of drug-likeness (QED) is 0.770. The van der Waals surface area contributed by atoms with Gasteiger partial charge < -0.3 is 10.2 Å². The van der Waals surface area contributed by atoms with E-state index in [1.807, 2.05) is 37.3 Å². The fourth-order valence-electron chi connectivity index (χ4n) is 3.34. The summed E-state index contributed by atoms with van der Waals surface area (Å²) in [4.78, 5) is 26.0. The van der Waals surface area contributed by atoms with Crippen LogP contribution in [-0.4, -0.2) is 38.6 Å². The summed E-state index contributed by atoms with van der Waals surface area (Å²) in [6.45, 7) is 4.14. The van der Waals surface area contributed by atoms with E-state index in [0.717, 1.165) is 28.9 Å². The van der Waals surface area contributed by atoms with Crippen molar-refractivity contribution >= 4 is 23.2 Å². The van der Waals surface area contributed by atoms with Crippen molar-refractivity contribution in [1.29, 1.82) is 0 Å². The second kappa shape index (κ2) is 6.64. The summed E-state index contributed by atoms with van der Waals surface area (Å²) in [6.07, 6.45) is 2.28. The van der Waals surface area contributed by atoms with Crippen molar-refractivity contribution in [2.75, 3.05) is 16.8 Å². The zero-order valence-electron chi connectivity index (χ0n) is 15.0. The number of hydrogen-bond donors (Lipinski definition) is 1. The predicted octanol–water partition coefficient (Wildman–Crippen LogP) is 2.13. The fraction of sp³-hybridized carbons (Fsp3) is 0.211. The Bertz CT molecular complexity index is 1030. The van der Waals surface area contributed by atoms with E-state index in [-0.39, 0.29) is 11.8 Å². The van der Waals surface area contributed by atoms with Gasteiger partial charge in [0.05, 0.1) is 5.69 Å². The minimum Gasteiger partial charge on any atom is -0.322 e. The van der Waals surface area contributed by atoms with Crippen LogP contribution >= 0.6 is 0 Å². The summed E-state index contributed by atoms with van der Waals surface area (Å²) in [7, 11) is 0.